The van der Waals surface area contributed by atoms with Crippen LogP contribution < -0.4 is 0 Å². The lowest BCUT2D eigenvalue weighted by molar-refractivity contribution is 0.111. The highest BCUT2D eigenvalue weighted by molar-refractivity contribution is 9.10. The second-order valence-corrected chi connectivity index (χ2v) is 4.03. The van der Waals surface area contributed by atoms with Crippen molar-refractivity contribution in [2.45, 2.75) is 13.2 Å². The van der Waals surface area contributed by atoms with Gasteiger partial charge in [-0.05, 0) is 35.0 Å². The highest BCUT2D eigenvalue weighted by Crippen LogP contribution is 2.26. The van der Waals surface area contributed by atoms with Crippen LogP contribution in [0.15, 0.2) is 35.2 Å². The molecule has 1 atom stereocenters. The summed E-state index contributed by atoms with van der Waals surface area (Å²) in [6.07, 6.45) is 4.55. The van der Waals surface area contributed by atoms with Crippen molar-refractivity contribution in [1.82, 2.24) is 14.8 Å². The van der Waals surface area contributed by atoms with E-state index >= 15 is 0 Å². The minimum Gasteiger partial charge on any atom is -0.372 e. The molecule has 2 aromatic heterocycles. The van der Waals surface area contributed by atoms with Crippen LogP contribution in [-0.2, 0) is 0 Å². The fraction of sp³-hybridized carbons (Fsp3) is 0.200. The maximum atomic E-state index is 9.38. The van der Waals surface area contributed by atoms with Crippen LogP contribution in [0.3, 0.4) is 0 Å². The van der Waals surface area contributed by atoms with Crippen LogP contribution >= 0.6 is 15.9 Å². The van der Waals surface area contributed by atoms with Crippen LogP contribution in [0.5, 0.6) is 0 Å². The molecule has 2 heterocycles. The predicted molar refractivity (Wildman–Crippen MR) is 60.1 cm³/mol. The maximum Gasteiger partial charge on any atom is 0.144 e. The van der Waals surface area contributed by atoms with E-state index in [1.165, 1.54) is 4.68 Å². The zero-order valence-electron chi connectivity index (χ0n) is 8.13. The van der Waals surface area contributed by atoms with E-state index in [0.29, 0.717) is 0 Å². The average Bonchev–Trinajstić information content (AvgIpc) is 2.62. The summed E-state index contributed by atoms with van der Waals surface area (Å²) in [6.45, 7) is 1.66. The third-order valence-electron chi connectivity index (χ3n) is 2.02. The molecule has 0 aromatic carbocycles. The Morgan fingerprint density at radius 1 is 1.40 bits per heavy atom. The SMILES string of the molecule is CC(O)n1cc(Br)c(-c2ccncc2)n1. The van der Waals surface area contributed by atoms with Gasteiger partial charge in [0.2, 0.25) is 0 Å². The van der Waals surface area contributed by atoms with Crippen molar-refractivity contribution in [2.75, 3.05) is 0 Å². The molecule has 15 heavy (non-hydrogen) atoms. The van der Waals surface area contributed by atoms with Crippen LogP contribution in [0.2, 0.25) is 0 Å². The number of hydrogen-bond acceptors (Lipinski definition) is 3. The van der Waals surface area contributed by atoms with Gasteiger partial charge in [-0.15, -0.1) is 0 Å². The molecule has 1 N–H and O–H groups in total. The minimum absolute atomic E-state index is 0.628. The van der Waals surface area contributed by atoms with Gasteiger partial charge in [-0.2, -0.15) is 5.10 Å². The van der Waals surface area contributed by atoms with Crippen molar-refractivity contribution >= 4 is 15.9 Å². The van der Waals surface area contributed by atoms with Gasteiger partial charge in [0.05, 0.1) is 4.47 Å². The van der Waals surface area contributed by atoms with Gasteiger partial charge in [0.1, 0.15) is 11.9 Å². The van der Waals surface area contributed by atoms with Crippen molar-refractivity contribution in [3.05, 3.63) is 35.2 Å². The molecule has 0 amide bonds. The summed E-state index contributed by atoms with van der Waals surface area (Å²) in [5.41, 5.74) is 1.77. The molecule has 0 spiro atoms. The second-order valence-electron chi connectivity index (χ2n) is 3.17. The molecule has 0 aliphatic rings. The lowest BCUT2D eigenvalue weighted by Gasteiger charge is -2.02. The summed E-state index contributed by atoms with van der Waals surface area (Å²) in [5.74, 6) is 0. The van der Waals surface area contributed by atoms with E-state index < -0.39 is 6.23 Å². The van der Waals surface area contributed by atoms with Gasteiger partial charge in [0.15, 0.2) is 0 Å². The number of hydrogen-bond donors (Lipinski definition) is 1. The normalized spacial score (nSPS) is 12.7. The third-order valence-corrected chi connectivity index (χ3v) is 2.60. The van der Waals surface area contributed by atoms with E-state index in [1.54, 1.807) is 25.5 Å². The number of nitrogens with zero attached hydrogens (tertiary/aromatic N) is 3. The van der Waals surface area contributed by atoms with Gasteiger partial charge < -0.3 is 5.11 Å². The first-order valence-electron chi connectivity index (χ1n) is 4.51. The molecule has 2 rings (SSSR count). The van der Waals surface area contributed by atoms with Crippen molar-refractivity contribution < 1.29 is 5.11 Å². The molecule has 0 saturated heterocycles. The molecule has 1 unspecified atom stereocenters. The standard InChI is InChI=1S/C10H10BrN3O/c1-7(15)14-6-9(11)10(13-14)8-2-4-12-5-3-8/h2-7,15H,1H3. The number of aromatic nitrogens is 3. The highest BCUT2D eigenvalue weighted by atomic mass is 79.9. The van der Waals surface area contributed by atoms with E-state index in [1.807, 2.05) is 12.1 Å². The number of aliphatic hydroxyl groups excluding tert-OH is 1. The molecule has 4 nitrogen and oxygen atoms in total. The van der Waals surface area contributed by atoms with E-state index in [9.17, 15) is 5.11 Å². The monoisotopic (exact) mass is 267 g/mol. The van der Waals surface area contributed by atoms with Crippen LogP contribution in [-0.4, -0.2) is 19.9 Å². The molecular weight excluding hydrogens is 258 g/mol. The number of aliphatic hydroxyl groups is 1. The molecule has 0 aliphatic heterocycles. The largest absolute Gasteiger partial charge is 0.372 e. The number of pyridine rings is 1. The van der Waals surface area contributed by atoms with Crippen LogP contribution in [0.1, 0.15) is 13.2 Å². The zero-order valence-corrected chi connectivity index (χ0v) is 9.72. The summed E-state index contributed by atoms with van der Waals surface area (Å²) < 4.78 is 2.36. The Labute approximate surface area is 95.7 Å². The molecular formula is C10H10BrN3O. The molecule has 0 radical (unpaired) electrons. The van der Waals surface area contributed by atoms with Gasteiger partial charge in [-0.3, -0.25) is 4.98 Å². The fourth-order valence-electron chi connectivity index (χ4n) is 1.27. The molecule has 0 bridgehead atoms. The smallest absolute Gasteiger partial charge is 0.144 e. The molecule has 0 saturated carbocycles. The van der Waals surface area contributed by atoms with E-state index in [4.69, 9.17) is 0 Å². The lowest BCUT2D eigenvalue weighted by atomic mass is 10.2. The third kappa shape index (κ3) is 2.08. The number of rotatable bonds is 2. The predicted octanol–water partition coefficient (Wildman–Crippen LogP) is 2.22. The van der Waals surface area contributed by atoms with Gasteiger partial charge >= 0.3 is 0 Å². The zero-order chi connectivity index (χ0) is 10.8. The Hall–Kier alpha value is -1.20. The second kappa shape index (κ2) is 4.12. The Bertz CT molecular complexity index is 453. The van der Waals surface area contributed by atoms with E-state index in [-0.39, 0.29) is 0 Å². The molecule has 5 heteroatoms. The van der Waals surface area contributed by atoms with Crippen LogP contribution in [0.4, 0.5) is 0 Å². The first-order chi connectivity index (χ1) is 7.18. The summed E-state index contributed by atoms with van der Waals surface area (Å²) in [6, 6.07) is 3.75. The molecule has 0 fully saturated rings. The minimum atomic E-state index is -0.628. The number of halogens is 1. The Kier molecular flexibility index (Phi) is 2.83. The van der Waals surface area contributed by atoms with Gasteiger partial charge in [-0.25, -0.2) is 4.68 Å². The lowest BCUT2D eigenvalue weighted by Crippen LogP contribution is -2.03. The van der Waals surface area contributed by atoms with Crippen LogP contribution in [0, 0.1) is 0 Å². The molecule has 0 aliphatic carbocycles. The van der Waals surface area contributed by atoms with Crippen molar-refractivity contribution in [3.63, 3.8) is 0 Å². The quantitative estimate of drug-likeness (QED) is 0.908. The summed E-state index contributed by atoms with van der Waals surface area (Å²) >= 11 is 3.41. The molecule has 2 aromatic rings. The maximum absolute atomic E-state index is 9.38. The summed E-state index contributed by atoms with van der Waals surface area (Å²) in [4.78, 5) is 3.94. The van der Waals surface area contributed by atoms with Gasteiger partial charge in [0, 0.05) is 24.2 Å². The van der Waals surface area contributed by atoms with E-state index in [0.717, 1.165) is 15.7 Å². The van der Waals surface area contributed by atoms with Gasteiger partial charge in [-0.1, -0.05) is 0 Å². The average molecular weight is 268 g/mol. The van der Waals surface area contributed by atoms with Crippen molar-refractivity contribution in [3.8, 4) is 11.3 Å². The highest BCUT2D eigenvalue weighted by Gasteiger charge is 2.10. The van der Waals surface area contributed by atoms with Crippen molar-refractivity contribution in [2.24, 2.45) is 0 Å². The first-order valence-corrected chi connectivity index (χ1v) is 5.31. The Balaban J connectivity index is 2.45. The summed E-state index contributed by atoms with van der Waals surface area (Å²) in [5, 5.41) is 13.6. The first kappa shape index (κ1) is 10.3. The Morgan fingerprint density at radius 3 is 2.60 bits per heavy atom. The van der Waals surface area contributed by atoms with Crippen LogP contribution in [0.25, 0.3) is 11.3 Å². The Morgan fingerprint density at radius 2 is 2.07 bits per heavy atom. The summed E-state index contributed by atoms with van der Waals surface area (Å²) in [7, 11) is 0. The van der Waals surface area contributed by atoms with Crippen molar-refractivity contribution in [1.29, 1.82) is 0 Å². The van der Waals surface area contributed by atoms with Gasteiger partial charge in [0.25, 0.3) is 0 Å². The topological polar surface area (TPSA) is 50.9 Å². The molecule has 78 valence electrons. The fourth-order valence-corrected chi connectivity index (χ4v) is 1.78. The van der Waals surface area contributed by atoms with E-state index in [2.05, 4.69) is 26.0 Å².